The van der Waals surface area contributed by atoms with Crippen LogP contribution in [0.15, 0.2) is 42.5 Å². The number of likely N-dealkylation sites (tertiary alicyclic amines) is 1. The molecule has 0 unspecified atom stereocenters. The molecule has 2 aromatic rings. The fraction of sp³-hybridized carbons (Fsp3) is 0.423. The van der Waals surface area contributed by atoms with E-state index in [0.29, 0.717) is 36.6 Å². The van der Waals surface area contributed by atoms with Gasteiger partial charge in [0.1, 0.15) is 0 Å². The van der Waals surface area contributed by atoms with Crippen molar-refractivity contribution in [2.24, 2.45) is 5.73 Å². The first kappa shape index (κ1) is 23.8. The maximum atomic E-state index is 12.9. The van der Waals surface area contributed by atoms with Crippen molar-refractivity contribution in [3.05, 3.63) is 48.0 Å². The lowest BCUT2D eigenvalue weighted by Gasteiger charge is -2.40. The number of rotatable bonds is 3. The number of nitrogens with zero attached hydrogens (tertiary/aromatic N) is 3. The highest BCUT2D eigenvalue weighted by Crippen LogP contribution is 2.39. The van der Waals surface area contributed by atoms with Gasteiger partial charge in [0.15, 0.2) is 0 Å². The van der Waals surface area contributed by atoms with Gasteiger partial charge in [0.2, 0.25) is 5.91 Å². The third kappa shape index (κ3) is 4.63. The first-order chi connectivity index (χ1) is 16.2. The Balaban J connectivity index is 1.66. The second-order valence-electron chi connectivity index (χ2n) is 9.36. The molecule has 8 nitrogen and oxygen atoms in total. The number of nitrogens with two attached hydrogens (primary N) is 1. The second-order valence-corrected chi connectivity index (χ2v) is 9.36. The minimum absolute atomic E-state index is 0.0152. The molecule has 4 rings (SSSR count). The summed E-state index contributed by atoms with van der Waals surface area (Å²) in [6.45, 7) is 8.66. The Hall–Kier alpha value is -3.39. The summed E-state index contributed by atoms with van der Waals surface area (Å²) in [5, 5.41) is 0. The van der Waals surface area contributed by atoms with E-state index in [1.807, 2.05) is 63.2 Å². The van der Waals surface area contributed by atoms with Gasteiger partial charge < -0.3 is 20.3 Å². The van der Waals surface area contributed by atoms with E-state index in [2.05, 4.69) is 0 Å². The van der Waals surface area contributed by atoms with Gasteiger partial charge in [-0.05, 0) is 62.6 Å². The van der Waals surface area contributed by atoms with Crippen LogP contribution in [0.1, 0.15) is 44.5 Å². The smallest absolute Gasteiger partial charge is 0.414 e. The first-order valence-corrected chi connectivity index (χ1v) is 11.7. The molecule has 1 saturated heterocycles. The molecular weight excluding hydrogens is 432 g/mol. The van der Waals surface area contributed by atoms with E-state index >= 15 is 0 Å². The van der Waals surface area contributed by atoms with Crippen molar-refractivity contribution in [1.29, 1.82) is 0 Å². The van der Waals surface area contributed by atoms with Crippen molar-refractivity contribution < 1.29 is 19.1 Å². The van der Waals surface area contributed by atoms with Crippen LogP contribution >= 0.6 is 0 Å². The van der Waals surface area contributed by atoms with Crippen molar-refractivity contribution in [1.82, 2.24) is 4.90 Å². The zero-order valence-electron chi connectivity index (χ0n) is 20.2. The predicted molar refractivity (Wildman–Crippen MR) is 132 cm³/mol. The molecule has 0 aliphatic carbocycles. The van der Waals surface area contributed by atoms with Gasteiger partial charge in [0.05, 0.1) is 23.5 Å². The molecule has 0 radical (unpaired) electrons. The van der Waals surface area contributed by atoms with Crippen LogP contribution in [0, 0.1) is 0 Å². The number of anilines is 2. The highest BCUT2D eigenvalue weighted by molar-refractivity contribution is 6.03. The summed E-state index contributed by atoms with van der Waals surface area (Å²) in [4.78, 5) is 43.1. The molecule has 3 amide bonds. The Kier molecular flexibility index (Phi) is 6.61. The Morgan fingerprint density at radius 1 is 1.00 bits per heavy atom. The van der Waals surface area contributed by atoms with Gasteiger partial charge in [-0.3, -0.25) is 14.5 Å². The molecule has 0 bridgehead atoms. The maximum Gasteiger partial charge on any atom is 0.414 e. The van der Waals surface area contributed by atoms with Crippen molar-refractivity contribution >= 4 is 29.3 Å². The Labute approximate surface area is 200 Å². The Morgan fingerprint density at radius 2 is 1.68 bits per heavy atom. The third-order valence-corrected chi connectivity index (χ3v) is 6.29. The predicted octanol–water partition coefficient (Wildman–Crippen LogP) is 3.63. The third-order valence-electron chi connectivity index (χ3n) is 6.29. The number of fused-ring (bicyclic) bond motifs is 1. The van der Waals surface area contributed by atoms with E-state index in [4.69, 9.17) is 10.5 Å². The van der Waals surface area contributed by atoms with Gasteiger partial charge in [-0.1, -0.05) is 18.2 Å². The summed E-state index contributed by atoms with van der Waals surface area (Å²) in [7, 11) is 0. The minimum atomic E-state index is -0.437. The normalized spacial score (nSPS) is 19.9. The van der Waals surface area contributed by atoms with Crippen molar-refractivity contribution in [2.45, 2.75) is 52.3 Å². The molecule has 2 aliphatic rings. The molecule has 180 valence electrons. The molecule has 34 heavy (non-hydrogen) atoms. The van der Waals surface area contributed by atoms with Gasteiger partial charge >= 0.3 is 6.09 Å². The van der Waals surface area contributed by atoms with Crippen LogP contribution in [-0.2, 0) is 9.53 Å². The largest absolute Gasteiger partial charge is 0.446 e. The number of ether oxygens (including phenoxy) is 1. The topological polar surface area (TPSA) is 96.2 Å². The van der Waals surface area contributed by atoms with E-state index in [1.54, 1.807) is 14.7 Å². The lowest BCUT2D eigenvalue weighted by molar-refractivity contribution is -0.117. The summed E-state index contributed by atoms with van der Waals surface area (Å²) in [6.07, 6.45) is 0.133. The molecular formula is C26H32N4O4. The van der Waals surface area contributed by atoms with Gasteiger partial charge in [0, 0.05) is 38.2 Å². The Bertz CT molecular complexity index is 1100. The van der Waals surface area contributed by atoms with Crippen LogP contribution in [0.3, 0.4) is 0 Å². The lowest BCUT2D eigenvalue weighted by Crippen LogP contribution is -2.51. The number of benzene rings is 2. The molecule has 2 N–H and O–H groups in total. The van der Waals surface area contributed by atoms with E-state index in [-0.39, 0.29) is 30.0 Å². The van der Waals surface area contributed by atoms with Crippen LogP contribution in [0.4, 0.5) is 16.2 Å². The molecule has 0 spiro atoms. The summed E-state index contributed by atoms with van der Waals surface area (Å²) in [6, 6.07) is 13.0. The standard InChI is InChI=1S/C26H32N4O4/c1-16(2)34-26(33)29-14-17(3)30(18(4)31)23-10-9-21(13-24(23)29)19-5-7-20(8-6-19)25(32)28-12-11-22(27)15-28/h5-10,13,16-17,22H,11-12,14-15,27H2,1-4H3/t17-,22+/m0/s1. The van der Waals surface area contributed by atoms with E-state index in [1.165, 1.54) is 6.92 Å². The fourth-order valence-electron chi connectivity index (χ4n) is 4.68. The van der Waals surface area contributed by atoms with Gasteiger partial charge in [-0.15, -0.1) is 0 Å². The van der Waals surface area contributed by atoms with E-state index in [9.17, 15) is 14.4 Å². The molecule has 2 atom stereocenters. The molecule has 2 heterocycles. The van der Waals surface area contributed by atoms with Crippen molar-refractivity contribution in [2.75, 3.05) is 29.4 Å². The number of amides is 3. The monoisotopic (exact) mass is 464 g/mol. The number of hydrogen-bond acceptors (Lipinski definition) is 5. The number of carbonyl (C=O) groups is 3. The second kappa shape index (κ2) is 9.46. The summed E-state index contributed by atoms with van der Waals surface area (Å²) in [5.41, 5.74) is 9.64. The van der Waals surface area contributed by atoms with E-state index in [0.717, 1.165) is 17.5 Å². The zero-order valence-corrected chi connectivity index (χ0v) is 20.2. The Morgan fingerprint density at radius 3 is 2.26 bits per heavy atom. The van der Waals surface area contributed by atoms with Crippen LogP contribution in [0.5, 0.6) is 0 Å². The van der Waals surface area contributed by atoms with Crippen LogP contribution in [0.2, 0.25) is 0 Å². The van der Waals surface area contributed by atoms with Crippen LogP contribution in [-0.4, -0.2) is 60.6 Å². The highest BCUT2D eigenvalue weighted by atomic mass is 16.6. The minimum Gasteiger partial charge on any atom is -0.446 e. The average Bonchev–Trinajstić information content (AvgIpc) is 3.23. The maximum absolute atomic E-state index is 12.9. The summed E-state index contributed by atoms with van der Waals surface area (Å²) in [5.74, 6) is -0.0958. The van der Waals surface area contributed by atoms with E-state index < -0.39 is 6.09 Å². The van der Waals surface area contributed by atoms with Gasteiger partial charge in [0.25, 0.3) is 5.91 Å². The lowest BCUT2D eigenvalue weighted by atomic mass is 9.99. The average molecular weight is 465 g/mol. The van der Waals surface area contributed by atoms with Crippen molar-refractivity contribution in [3.8, 4) is 11.1 Å². The van der Waals surface area contributed by atoms with Crippen LogP contribution in [0.25, 0.3) is 11.1 Å². The SMILES string of the molecule is CC(=O)N1c2ccc(-c3ccc(C(=O)N4CC[C@@H](N)C4)cc3)cc2N(C(=O)OC(C)C)C[C@@H]1C. The zero-order chi connectivity index (χ0) is 24.6. The molecule has 2 aliphatic heterocycles. The van der Waals surface area contributed by atoms with Crippen LogP contribution < -0.4 is 15.5 Å². The number of hydrogen-bond donors (Lipinski definition) is 1. The summed E-state index contributed by atoms with van der Waals surface area (Å²) < 4.78 is 5.47. The summed E-state index contributed by atoms with van der Waals surface area (Å²) >= 11 is 0. The molecule has 1 fully saturated rings. The molecule has 0 saturated carbocycles. The molecule has 2 aromatic carbocycles. The van der Waals surface area contributed by atoms with Gasteiger partial charge in [-0.2, -0.15) is 0 Å². The fourth-order valence-corrected chi connectivity index (χ4v) is 4.68. The molecule has 0 aromatic heterocycles. The first-order valence-electron chi connectivity index (χ1n) is 11.7. The number of carbonyl (C=O) groups excluding carboxylic acids is 3. The molecule has 8 heteroatoms. The van der Waals surface area contributed by atoms with Crippen molar-refractivity contribution in [3.63, 3.8) is 0 Å². The highest BCUT2D eigenvalue weighted by Gasteiger charge is 2.35. The quantitative estimate of drug-likeness (QED) is 0.748. The van der Waals surface area contributed by atoms with Gasteiger partial charge in [-0.25, -0.2) is 4.79 Å².